The van der Waals surface area contributed by atoms with E-state index >= 15 is 0 Å². The molecule has 0 aliphatic heterocycles. The smallest absolute Gasteiger partial charge is 0.271 e. The molecule has 3 heteroatoms. The summed E-state index contributed by atoms with van der Waals surface area (Å²) in [5, 5.41) is 0. The zero-order chi connectivity index (χ0) is 4.99. The number of carbonyl (C=O) groups is 1. The molecule has 7 heavy (non-hydrogen) atoms. The molecule has 0 aromatic rings. The second kappa shape index (κ2) is 6.16. The molecule has 0 rings (SSSR count). The van der Waals surface area contributed by atoms with Crippen LogP contribution in [-0.2, 0) is 30.6 Å². The Hall–Kier alpha value is 0.158. The topological polar surface area (TPSA) is 26.3 Å². The van der Waals surface area contributed by atoms with Crippen molar-refractivity contribution in [2.75, 3.05) is 0 Å². The fraction of sp³-hybridized carbons (Fsp3) is 0.500. The molecule has 2 nitrogen and oxygen atoms in total. The molecular weight excluding hydrogens is 264 g/mol. The average molecular weight is 271 g/mol. The van der Waals surface area contributed by atoms with Gasteiger partial charge in [-0.3, -0.25) is 4.79 Å². The van der Waals surface area contributed by atoms with Crippen molar-refractivity contribution in [1.29, 1.82) is 0 Å². The number of esters is 1. The molecule has 0 radical (unpaired) electrons. The van der Waals surface area contributed by atoms with Gasteiger partial charge in [0.2, 0.25) is 0 Å². The fourth-order valence-electron chi connectivity index (χ4n) is 0.166. The van der Waals surface area contributed by atoms with E-state index in [1.807, 2.05) is 0 Å². The minimum Gasteiger partial charge on any atom is -0.637 e. The number of hydrogen-bond acceptors (Lipinski definition) is 2. The van der Waals surface area contributed by atoms with Gasteiger partial charge in [-0.2, -0.15) is 13.5 Å². The monoisotopic (exact) mass is 271 g/mol. The van der Waals surface area contributed by atoms with Crippen LogP contribution in [0.1, 0.15) is 13.8 Å². The fourth-order valence-corrected chi connectivity index (χ4v) is 0.166. The summed E-state index contributed by atoms with van der Waals surface area (Å²) in [4.78, 5) is 9.79. The molecule has 0 saturated heterocycles. The van der Waals surface area contributed by atoms with E-state index in [-0.39, 0.29) is 27.0 Å². The predicted octanol–water partition coefficient (Wildman–Crippen LogP) is 0.729. The molecular formula is C4H7O2W-. The van der Waals surface area contributed by atoms with Crippen LogP contribution in [0.5, 0.6) is 0 Å². The van der Waals surface area contributed by atoms with Crippen LogP contribution in [0.3, 0.4) is 0 Å². The predicted molar refractivity (Wildman–Crippen MR) is 21.7 cm³/mol. The van der Waals surface area contributed by atoms with Crippen LogP contribution in [0.15, 0.2) is 0 Å². The minimum absolute atomic E-state index is 0. The van der Waals surface area contributed by atoms with Crippen LogP contribution in [0.25, 0.3) is 0 Å². The van der Waals surface area contributed by atoms with Gasteiger partial charge in [0.15, 0.2) is 0 Å². The van der Waals surface area contributed by atoms with Crippen LogP contribution in [0.2, 0.25) is 0 Å². The maximum Gasteiger partial charge on any atom is 0.271 e. The molecule has 0 unspecified atom stereocenters. The average Bonchev–Trinajstić information content (AvgIpc) is 1.35. The minimum atomic E-state index is -0.266. The summed E-state index contributed by atoms with van der Waals surface area (Å²) in [5.74, 6) is -0.266. The molecule has 0 aliphatic carbocycles. The molecule has 0 saturated carbocycles. The van der Waals surface area contributed by atoms with Gasteiger partial charge in [-0.1, -0.05) is 0 Å². The second-order valence-corrected chi connectivity index (χ2v) is 0.845. The van der Waals surface area contributed by atoms with Gasteiger partial charge in [0.1, 0.15) is 0 Å². The van der Waals surface area contributed by atoms with Gasteiger partial charge >= 0.3 is 0 Å². The normalized spacial score (nSPS) is 6.57. The van der Waals surface area contributed by atoms with E-state index in [2.05, 4.69) is 4.74 Å². The molecule has 0 spiro atoms. The summed E-state index contributed by atoms with van der Waals surface area (Å²) in [6.07, 6.45) is 0. The Morgan fingerprint density at radius 2 is 2.14 bits per heavy atom. The zero-order valence-corrected chi connectivity index (χ0v) is 7.24. The van der Waals surface area contributed by atoms with E-state index < -0.39 is 0 Å². The number of ether oxygens (including phenoxy) is 1. The van der Waals surface area contributed by atoms with Crippen LogP contribution < -0.4 is 0 Å². The molecule has 0 aliphatic rings. The SMILES string of the molecule is C[CH-]OC(C)=O.[W]. The van der Waals surface area contributed by atoms with Gasteiger partial charge in [0, 0.05) is 28.0 Å². The molecule has 0 heterocycles. The van der Waals surface area contributed by atoms with Crippen molar-refractivity contribution in [2.24, 2.45) is 0 Å². The first-order valence-electron chi connectivity index (χ1n) is 1.72. The van der Waals surface area contributed by atoms with Crippen LogP contribution >= 0.6 is 0 Å². The van der Waals surface area contributed by atoms with Gasteiger partial charge < -0.3 is 4.74 Å². The number of hydrogen-bond donors (Lipinski definition) is 0. The van der Waals surface area contributed by atoms with Crippen molar-refractivity contribution in [3.05, 3.63) is 6.61 Å². The van der Waals surface area contributed by atoms with Crippen molar-refractivity contribution in [3.63, 3.8) is 0 Å². The second-order valence-electron chi connectivity index (χ2n) is 0.845. The van der Waals surface area contributed by atoms with Gasteiger partial charge in [0.25, 0.3) is 5.97 Å². The van der Waals surface area contributed by atoms with Crippen molar-refractivity contribution < 1.29 is 30.6 Å². The quantitative estimate of drug-likeness (QED) is 0.519. The molecule has 0 aromatic heterocycles. The van der Waals surface area contributed by atoms with E-state index in [0.29, 0.717) is 0 Å². The van der Waals surface area contributed by atoms with E-state index in [1.54, 1.807) is 6.92 Å². The molecule has 0 N–H and O–H groups in total. The standard InChI is InChI=1S/C4H7O2.W/c1-3-6-4(2)5;/h3H,1-2H3;/q-1;. The van der Waals surface area contributed by atoms with Crippen molar-refractivity contribution >= 4 is 5.97 Å². The van der Waals surface area contributed by atoms with Gasteiger partial charge in [0.05, 0.1) is 0 Å². The largest absolute Gasteiger partial charge is 0.637 e. The summed E-state index contributed by atoms with van der Waals surface area (Å²) in [6, 6.07) is 0. The molecule has 0 aromatic carbocycles. The van der Waals surface area contributed by atoms with Crippen LogP contribution in [0.4, 0.5) is 0 Å². The maximum atomic E-state index is 9.79. The van der Waals surface area contributed by atoms with Crippen LogP contribution in [0, 0.1) is 6.61 Å². The Morgan fingerprint density at radius 3 is 2.14 bits per heavy atom. The third kappa shape index (κ3) is 10.7. The van der Waals surface area contributed by atoms with E-state index in [9.17, 15) is 4.79 Å². The summed E-state index contributed by atoms with van der Waals surface area (Å²) < 4.78 is 4.28. The van der Waals surface area contributed by atoms with Crippen LogP contribution in [-0.4, -0.2) is 5.97 Å². The van der Waals surface area contributed by atoms with E-state index in [1.165, 1.54) is 13.5 Å². The Labute approximate surface area is 57.5 Å². The summed E-state index contributed by atoms with van der Waals surface area (Å²) >= 11 is 0. The Balaban J connectivity index is 0. The van der Waals surface area contributed by atoms with Crippen molar-refractivity contribution in [3.8, 4) is 0 Å². The van der Waals surface area contributed by atoms with Gasteiger partial charge in [-0.25, -0.2) is 0 Å². The Kier molecular flexibility index (Phi) is 8.98. The van der Waals surface area contributed by atoms with E-state index in [0.717, 1.165) is 0 Å². The number of carbonyl (C=O) groups excluding carboxylic acids is 1. The molecule has 0 fully saturated rings. The zero-order valence-electron chi connectivity index (χ0n) is 4.30. The molecule has 0 atom stereocenters. The maximum absolute atomic E-state index is 9.79. The molecule has 42 valence electrons. The first-order chi connectivity index (χ1) is 2.77. The third-order valence-corrected chi connectivity index (χ3v) is 0.284. The first-order valence-corrected chi connectivity index (χ1v) is 1.72. The van der Waals surface area contributed by atoms with E-state index in [4.69, 9.17) is 0 Å². The van der Waals surface area contributed by atoms with Crippen molar-refractivity contribution in [1.82, 2.24) is 0 Å². The number of rotatable bonds is 1. The Bertz CT molecular complexity index is 53.7. The van der Waals surface area contributed by atoms with Crippen molar-refractivity contribution in [2.45, 2.75) is 13.8 Å². The first kappa shape index (κ1) is 10.2. The Morgan fingerprint density at radius 1 is 1.71 bits per heavy atom. The van der Waals surface area contributed by atoms with Gasteiger partial charge in [-0.15, -0.1) is 0 Å². The summed E-state index contributed by atoms with van der Waals surface area (Å²) in [7, 11) is 0. The molecule has 0 bridgehead atoms. The third-order valence-electron chi connectivity index (χ3n) is 0.284. The summed E-state index contributed by atoms with van der Waals surface area (Å²) in [6.45, 7) is 4.36. The summed E-state index contributed by atoms with van der Waals surface area (Å²) in [5.41, 5.74) is 0. The van der Waals surface area contributed by atoms with Gasteiger partial charge in [-0.05, 0) is 0 Å². The molecule has 0 amide bonds.